The monoisotopic (exact) mass is 889 g/mol. The van der Waals surface area contributed by atoms with E-state index in [2.05, 4.69) is 58.4 Å². The van der Waals surface area contributed by atoms with Crippen molar-refractivity contribution in [2.45, 2.75) is 244 Å². The second-order valence-corrected chi connectivity index (χ2v) is 26.6. The summed E-state index contributed by atoms with van der Waals surface area (Å²) in [6, 6.07) is 0. The second kappa shape index (κ2) is 41.9. The molecule has 0 radical (unpaired) electrons. The average molecular weight is 890 g/mol. The number of ether oxygens (including phenoxy) is 4. The average Bonchev–Trinajstić information content (AvgIpc) is 3.21. The maximum Gasteiger partial charge on any atom is 0.147 e. The fourth-order valence-corrected chi connectivity index (χ4v) is 15.1. The number of hydrogen-bond acceptors (Lipinski definition) is 8. The third kappa shape index (κ3) is 34.4. The lowest BCUT2D eigenvalue weighted by Crippen LogP contribution is -2.37. The van der Waals surface area contributed by atoms with E-state index in [0.29, 0.717) is 25.8 Å². The second-order valence-electron chi connectivity index (χ2n) is 18.6. The minimum absolute atomic E-state index is 0.155. The van der Waals surface area contributed by atoms with E-state index in [1.807, 2.05) is 0 Å². The first-order valence-electron chi connectivity index (χ1n) is 25.7. The molecule has 0 aromatic rings. The summed E-state index contributed by atoms with van der Waals surface area (Å²) < 4.78 is 30.1. The van der Waals surface area contributed by atoms with E-state index >= 15 is 0 Å². The first-order chi connectivity index (χ1) is 28.6. The summed E-state index contributed by atoms with van der Waals surface area (Å²) in [6.45, 7) is 17.3. The van der Waals surface area contributed by atoms with Gasteiger partial charge in [-0.2, -0.15) is 0 Å². The van der Waals surface area contributed by atoms with Gasteiger partial charge in [0.15, 0.2) is 0 Å². The molecule has 4 unspecified atom stereocenters. The Morgan fingerprint density at radius 2 is 0.776 bits per heavy atom. The Morgan fingerprint density at radius 3 is 1.14 bits per heavy atom. The molecule has 2 heterocycles. The van der Waals surface area contributed by atoms with Gasteiger partial charge in [-0.25, -0.2) is 0 Å². The number of rotatable bonds is 39. The van der Waals surface area contributed by atoms with Crippen molar-refractivity contribution in [3.05, 3.63) is 0 Å². The highest BCUT2D eigenvalue weighted by Gasteiger charge is 2.21. The summed E-state index contributed by atoms with van der Waals surface area (Å²) in [6.07, 6.45) is 41.2. The molecule has 2 aliphatic rings. The zero-order valence-corrected chi connectivity index (χ0v) is 43.8. The molecule has 2 aliphatic heterocycles. The van der Waals surface area contributed by atoms with Crippen LogP contribution in [0.2, 0.25) is 11.1 Å². The van der Waals surface area contributed by atoms with Crippen LogP contribution in [0.15, 0.2) is 0 Å². The maximum absolute atomic E-state index is 6.26. The van der Waals surface area contributed by atoms with Gasteiger partial charge in [0.05, 0.1) is 31.6 Å². The molecular formula is C48H100N2O4S2Si2. The Kier molecular flexibility index (Phi) is 39.7. The molecular weight excluding hydrogens is 789 g/mol. The van der Waals surface area contributed by atoms with Gasteiger partial charge in [-0.05, 0) is 101 Å². The van der Waals surface area contributed by atoms with Crippen LogP contribution in [0.5, 0.6) is 0 Å². The quantitative estimate of drug-likeness (QED) is 0.0262. The fraction of sp³-hybridized carbons (Fsp3) is 1.00. The van der Waals surface area contributed by atoms with Gasteiger partial charge in [0, 0.05) is 24.7 Å². The van der Waals surface area contributed by atoms with Crippen molar-refractivity contribution in [1.29, 1.82) is 0 Å². The van der Waals surface area contributed by atoms with Crippen molar-refractivity contribution in [1.82, 2.24) is 9.13 Å². The molecule has 0 spiro atoms. The molecule has 0 saturated carbocycles. The first-order valence-corrected chi connectivity index (χ1v) is 31.1. The Labute approximate surface area is 375 Å². The predicted molar refractivity (Wildman–Crippen MR) is 265 cm³/mol. The van der Waals surface area contributed by atoms with Gasteiger partial charge in [0.2, 0.25) is 0 Å². The molecule has 10 heteroatoms. The smallest absolute Gasteiger partial charge is 0.147 e. The van der Waals surface area contributed by atoms with Crippen molar-refractivity contribution >= 4 is 41.0 Å². The fourth-order valence-electron chi connectivity index (χ4n) is 8.82. The van der Waals surface area contributed by atoms with Crippen LogP contribution in [0.4, 0.5) is 0 Å². The van der Waals surface area contributed by atoms with Gasteiger partial charge in [-0.15, -0.1) is 0 Å². The van der Waals surface area contributed by atoms with E-state index in [-0.39, 0.29) is 19.4 Å². The molecule has 2 rings (SSSR count). The lowest BCUT2D eigenvalue weighted by atomic mass is 10.1. The van der Waals surface area contributed by atoms with E-state index in [9.17, 15) is 0 Å². The Bertz CT molecular complexity index is 790. The van der Waals surface area contributed by atoms with Crippen molar-refractivity contribution in [3.63, 3.8) is 0 Å². The molecule has 4 atom stereocenters. The van der Waals surface area contributed by atoms with Gasteiger partial charge >= 0.3 is 0 Å². The third-order valence-electron chi connectivity index (χ3n) is 12.7. The van der Waals surface area contributed by atoms with Crippen LogP contribution in [0, 0.1) is 0 Å². The molecule has 6 nitrogen and oxygen atoms in total. The van der Waals surface area contributed by atoms with Crippen LogP contribution in [-0.2, 0) is 18.9 Å². The zero-order valence-electron chi connectivity index (χ0n) is 39.4. The molecule has 0 aliphatic carbocycles. The molecule has 0 amide bonds. The minimum atomic E-state index is -0.155. The van der Waals surface area contributed by atoms with Gasteiger partial charge in [0.25, 0.3) is 0 Å². The number of nitrogens with zero attached hydrogens (tertiary/aromatic N) is 2. The van der Waals surface area contributed by atoms with Crippen LogP contribution < -0.4 is 0 Å². The molecule has 2 fully saturated rings. The molecule has 0 bridgehead atoms. The Balaban J connectivity index is 1.41. The molecule has 0 aromatic carbocycles. The standard InChI is InChI=1S/C48H100N2O4S2Si2/c1-5-7-9-11-13-15-17-19-21-23-25-39-51-43-53-47-31-29-45(3)57-49(37-33-47)35-27-41-55-56-42-28-36-50-38-34-48(32-30-46(4)58-50)54-44-52-40-26-24-22-20-18-16-14-12-10-8-6-2/h45-48H,5-44,57-58H2,1-4H3. The highest BCUT2D eigenvalue weighted by molar-refractivity contribution is 8.76. The summed E-state index contributed by atoms with van der Waals surface area (Å²) in [4.78, 5) is 0. The van der Waals surface area contributed by atoms with Crippen molar-refractivity contribution in [2.75, 3.05) is 64.5 Å². The summed E-state index contributed by atoms with van der Waals surface area (Å²) in [5, 5.41) is 0. The maximum atomic E-state index is 6.26. The topological polar surface area (TPSA) is 43.4 Å². The molecule has 0 N–H and O–H groups in total. The highest BCUT2D eigenvalue weighted by Crippen LogP contribution is 2.26. The third-order valence-corrected chi connectivity index (χ3v) is 19.6. The normalized spacial score (nSPS) is 22.3. The lowest BCUT2D eigenvalue weighted by molar-refractivity contribution is -0.0960. The van der Waals surface area contributed by atoms with E-state index in [4.69, 9.17) is 18.9 Å². The molecule has 0 aromatic heterocycles. The van der Waals surface area contributed by atoms with Gasteiger partial charge in [-0.3, -0.25) is 0 Å². The lowest BCUT2D eigenvalue weighted by Gasteiger charge is -2.31. The van der Waals surface area contributed by atoms with E-state index in [1.54, 1.807) is 0 Å². The van der Waals surface area contributed by atoms with Crippen LogP contribution in [0.25, 0.3) is 0 Å². The van der Waals surface area contributed by atoms with E-state index in [0.717, 1.165) is 24.3 Å². The van der Waals surface area contributed by atoms with Crippen LogP contribution >= 0.6 is 21.6 Å². The largest absolute Gasteiger partial charge is 0.355 e. The van der Waals surface area contributed by atoms with Crippen LogP contribution in [0.1, 0.15) is 220 Å². The van der Waals surface area contributed by atoms with E-state index < -0.39 is 0 Å². The van der Waals surface area contributed by atoms with Crippen molar-refractivity contribution in [2.24, 2.45) is 0 Å². The molecule has 2 saturated heterocycles. The van der Waals surface area contributed by atoms with Crippen LogP contribution in [-0.4, -0.2) is 105 Å². The molecule has 58 heavy (non-hydrogen) atoms. The van der Waals surface area contributed by atoms with Crippen molar-refractivity contribution in [3.8, 4) is 0 Å². The van der Waals surface area contributed by atoms with Gasteiger partial charge < -0.3 is 28.1 Å². The van der Waals surface area contributed by atoms with Crippen LogP contribution in [0.3, 0.4) is 0 Å². The SMILES string of the molecule is CCCCCCCCCCCCCOCOC1CCC(C)[SiH2]N(CCCSSCCCN2CCC(OCOCCCCCCCCCCCCC)CCC(C)[SiH2]2)CC1. The van der Waals surface area contributed by atoms with Gasteiger partial charge in [-0.1, -0.05) is 178 Å². The number of unbranched alkanes of at least 4 members (excludes halogenated alkanes) is 20. The Morgan fingerprint density at radius 1 is 0.431 bits per heavy atom. The highest BCUT2D eigenvalue weighted by atomic mass is 33.1. The Hall–Kier alpha value is 0.894. The predicted octanol–water partition coefficient (Wildman–Crippen LogP) is 13.2. The number of hydrogen-bond donors (Lipinski definition) is 0. The summed E-state index contributed by atoms with van der Waals surface area (Å²) in [5.74, 6) is 2.57. The summed E-state index contributed by atoms with van der Waals surface area (Å²) >= 11 is 0. The van der Waals surface area contributed by atoms with E-state index in [1.165, 1.54) is 230 Å². The van der Waals surface area contributed by atoms with Gasteiger partial charge in [0.1, 0.15) is 13.6 Å². The minimum Gasteiger partial charge on any atom is -0.355 e. The van der Waals surface area contributed by atoms with Crippen molar-refractivity contribution < 1.29 is 18.9 Å². The first kappa shape index (κ1) is 55.0. The molecule has 346 valence electrons. The summed E-state index contributed by atoms with van der Waals surface area (Å²) in [7, 11) is 3.93. The summed E-state index contributed by atoms with van der Waals surface area (Å²) in [5.41, 5.74) is 1.78. The zero-order chi connectivity index (χ0) is 41.4.